The Morgan fingerprint density at radius 1 is 1.40 bits per heavy atom. The molecule has 0 unspecified atom stereocenters. The summed E-state index contributed by atoms with van der Waals surface area (Å²) in [5, 5.41) is 15.5. The number of nitrogens with zero attached hydrogens (tertiary/aromatic N) is 2. The summed E-state index contributed by atoms with van der Waals surface area (Å²) in [5.74, 6) is 1.55. The van der Waals surface area contributed by atoms with Crippen LogP contribution in [0.1, 0.15) is 19.8 Å². The second-order valence-electron chi connectivity index (χ2n) is 3.79. The summed E-state index contributed by atoms with van der Waals surface area (Å²) in [4.78, 5) is 8.43. The van der Waals surface area contributed by atoms with Crippen molar-refractivity contribution in [2.75, 3.05) is 17.2 Å². The monoisotopic (exact) mass is 208 g/mol. The van der Waals surface area contributed by atoms with Gasteiger partial charge in [-0.05, 0) is 19.8 Å². The number of hydrogen-bond donors (Lipinski definition) is 3. The van der Waals surface area contributed by atoms with Gasteiger partial charge in [-0.2, -0.15) is 0 Å². The van der Waals surface area contributed by atoms with E-state index >= 15 is 0 Å². The molecule has 5 heteroatoms. The predicted octanol–water partition coefficient (Wildman–Crippen LogP) is 0.844. The quantitative estimate of drug-likeness (QED) is 0.684. The molecule has 1 fully saturated rings. The lowest BCUT2D eigenvalue weighted by Gasteiger charge is -2.32. The normalized spacial score (nSPS) is 24.4. The molecule has 2 rings (SSSR count). The second-order valence-corrected chi connectivity index (χ2v) is 3.79. The van der Waals surface area contributed by atoms with Gasteiger partial charge in [0.2, 0.25) is 0 Å². The molecule has 15 heavy (non-hydrogen) atoms. The first-order valence-electron chi connectivity index (χ1n) is 5.28. The van der Waals surface area contributed by atoms with Gasteiger partial charge in [-0.3, -0.25) is 4.98 Å². The van der Waals surface area contributed by atoms with Crippen molar-refractivity contribution in [2.45, 2.75) is 31.9 Å². The Morgan fingerprint density at radius 3 is 2.80 bits per heavy atom. The van der Waals surface area contributed by atoms with E-state index in [4.69, 9.17) is 5.11 Å². The maximum absolute atomic E-state index is 9.15. The Bertz CT molecular complexity index is 325. The standard InChI is InChI=1S/C10H16N4O/c1-2-12-9-5-11-6-10(14-9)13-7-3-8(15)4-7/h5-8,15H,2-4H2,1H3,(H2,12,13,14). The lowest BCUT2D eigenvalue weighted by molar-refractivity contribution is 0.0835. The van der Waals surface area contributed by atoms with Gasteiger partial charge in [0.25, 0.3) is 0 Å². The summed E-state index contributed by atoms with van der Waals surface area (Å²) >= 11 is 0. The first-order valence-corrected chi connectivity index (χ1v) is 5.28. The smallest absolute Gasteiger partial charge is 0.147 e. The van der Waals surface area contributed by atoms with E-state index in [0.717, 1.165) is 31.0 Å². The highest BCUT2D eigenvalue weighted by atomic mass is 16.3. The Morgan fingerprint density at radius 2 is 2.13 bits per heavy atom. The molecule has 0 atom stereocenters. The summed E-state index contributed by atoms with van der Waals surface area (Å²) < 4.78 is 0. The molecule has 82 valence electrons. The van der Waals surface area contributed by atoms with Crippen LogP contribution in [0.25, 0.3) is 0 Å². The molecule has 1 saturated carbocycles. The number of rotatable bonds is 4. The average molecular weight is 208 g/mol. The Labute approximate surface area is 88.9 Å². The molecule has 1 heterocycles. The SMILES string of the molecule is CCNc1cncc(NC2CC(O)C2)n1. The van der Waals surface area contributed by atoms with Crippen molar-refractivity contribution in [3.63, 3.8) is 0 Å². The number of nitrogens with one attached hydrogen (secondary N) is 2. The zero-order valence-corrected chi connectivity index (χ0v) is 8.77. The van der Waals surface area contributed by atoms with Gasteiger partial charge in [0.1, 0.15) is 11.6 Å². The van der Waals surface area contributed by atoms with Gasteiger partial charge in [-0.1, -0.05) is 0 Å². The fourth-order valence-corrected chi connectivity index (χ4v) is 1.62. The van der Waals surface area contributed by atoms with Gasteiger partial charge >= 0.3 is 0 Å². The third kappa shape index (κ3) is 2.56. The van der Waals surface area contributed by atoms with Crippen molar-refractivity contribution in [1.29, 1.82) is 0 Å². The van der Waals surface area contributed by atoms with Crippen LogP contribution in [0.3, 0.4) is 0 Å². The van der Waals surface area contributed by atoms with Crippen molar-refractivity contribution in [3.8, 4) is 0 Å². The number of anilines is 2. The van der Waals surface area contributed by atoms with Crippen molar-refractivity contribution in [2.24, 2.45) is 0 Å². The molecular weight excluding hydrogens is 192 g/mol. The van der Waals surface area contributed by atoms with Crippen molar-refractivity contribution in [1.82, 2.24) is 9.97 Å². The van der Waals surface area contributed by atoms with Crippen LogP contribution in [0.15, 0.2) is 12.4 Å². The largest absolute Gasteiger partial charge is 0.393 e. The highest BCUT2D eigenvalue weighted by Crippen LogP contribution is 2.23. The van der Waals surface area contributed by atoms with Gasteiger partial charge in [-0.15, -0.1) is 0 Å². The number of aliphatic hydroxyl groups is 1. The topological polar surface area (TPSA) is 70.1 Å². The Hall–Kier alpha value is -1.36. The predicted molar refractivity (Wildman–Crippen MR) is 58.8 cm³/mol. The summed E-state index contributed by atoms with van der Waals surface area (Å²) in [7, 11) is 0. The molecule has 0 bridgehead atoms. The zero-order valence-electron chi connectivity index (χ0n) is 8.77. The molecule has 1 aromatic heterocycles. The number of aromatic nitrogens is 2. The fraction of sp³-hybridized carbons (Fsp3) is 0.600. The van der Waals surface area contributed by atoms with E-state index in [2.05, 4.69) is 20.6 Å². The first-order chi connectivity index (χ1) is 7.28. The molecule has 0 saturated heterocycles. The molecule has 3 N–H and O–H groups in total. The fourth-order valence-electron chi connectivity index (χ4n) is 1.62. The Balaban J connectivity index is 1.93. The minimum absolute atomic E-state index is 0.146. The zero-order chi connectivity index (χ0) is 10.7. The molecule has 1 aliphatic carbocycles. The first kappa shape index (κ1) is 10.2. The Kier molecular flexibility index (Phi) is 3.01. The van der Waals surface area contributed by atoms with E-state index in [9.17, 15) is 0 Å². The maximum Gasteiger partial charge on any atom is 0.147 e. The van der Waals surface area contributed by atoms with Crippen molar-refractivity contribution in [3.05, 3.63) is 12.4 Å². The van der Waals surface area contributed by atoms with Gasteiger partial charge in [-0.25, -0.2) is 4.98 Å². The lowest BCUT2D eigenvalue weighted by atomic mass is 9.90. The number of aliphatic hydroxyl groups excluding tert-OH is 1. The van der Waals surface area contributed by atoms with E-state index in [0.29, 0.717) is 6.04 Å². The molecule has 1 aliphatic rings. The molecule has 0 amide bonds. The summed E-state index contributed by atoms with van der Waals surface area (Å²) in [6.07, 6.45) is 4.85. The molecule has 0 spiro atoms. The van der Waals surface area contributed by atoms with Gasteiger partial charge in [0, 0.05) is 12.6 Å². The van der Waals surface area contributed by atoms with Crippen LogP contribution >= 0.6 is 0 Å². The number of hydrogen-bond acceptors (Lipinski definition) is 5. The molecule has 5 nitrogen and oxygen atoms in total. The van der Waals surface area contributed by atoms with Crippen LogP contribution in [0.2, 0.25) is 0 Å². The molecule has 0 aromatic carbocycles. The minimum Gasteiger partial charge on any atom is -0.393 e. The van der Waals surface area contributed by atoms with Crippen molar-refractivity contribution < 1.29 is 5.11 Å². The van der Waals surface area contributed by atoms with Gasteiger partial charge < -0.3 is 15.7 Å². The highest BCUT2D eigenvalue weighted by Gasteiger charge is 2.27. The van der Waals surface area contributed by atoms with E-state index in [-0.39, 0.29) is 6.10 Å². The van der Waals surface area contributed by atoms with Crippen LogP contribution in [0.4, 0.5) is 11.6 Å². The minimum atomic E-state index is -0.146. The van der Waals surface area contributed by atoms with Crippen LogP contribution in [-0.2, 0) is 0 Å². The third-order valence-corrected chi connectivity index (χ3v) is 2.46. The lowest BCUT2D eigenvalue weighted by Crippen LogP contribution is -2.39. The van der Waals surface area contributed by atoms with Crippen LogP contribution < -0.4 is 10.6 Å². The van der Waals surface area contributed by atoms with Crippen LogP contribution in [0.5, 0.6) is 0 Å². The second kappa shape index (κ2) is 4.44. The van der Waals surface area contributed by atoms with Gasteiger partial charge in [0.05, 0.1) is 18.5 Å². The van der Waals surface area contributed by atoms with Gasteiger partial charge in [0.15, 0.2) is 0 Å². The molecular formula is C10H16N4O. The van der Waals surface area contributed by atoms with E-state index in [1.807, 2.05) is 6.92 Å². The molecule has 1 aromatic rings. The van der Waals surface area contributed by atoms with E-state index in [1.54, 1.807) is 12.4 Å². The van der Waals surface area contributed by atoms with E-state index < -0.39 is 0 Å². The van der Waals surface area contributed by atoms with Crippen molar-refractivity contribution >= 4 is 11.6 Å². The average Bonchev–Trinajstić information content (AvgIpc) is 2.17. The summed E-state index contributed by atoms with van der Waals surface area (Å²) in [6, 6.07) is 0.339. The highest BCUT2D eigenvalue weighted by molar-refractivity contribution is 5.42. The summed E-state index contributed by atoms with van der Waals surface area (Å²) in [5.41, 5.74) is 0. The van der Waals surface area contributed by atoms with E-state index in [1.165, 1.54) is 0 Å². The van der Waals surface area contributed by atoms with Crippen LogP contribution in [-0.4, -0.2) is 33.8 Å². The summed E-state index contributed by atoms with van der Waals surface area (Å²) in [6.45, 7) is 2.85. The molecule has 0 radical (unpaired) electrons. The maximum atomic E-state index is 9.15. The molecule has 0 aliphatic heterocycles. The third-order valence-electron chi connectivity index (χ3n) is 2.46. The van der Waals surface area contributed by atoms with Crippen LogP contribution in [0, 0.1) is 0 Å².